The Labute approximate surface area is 199 Å². The van der Waals surface area contributed by atoms with E-state index in [2.05, 4.69) is 15.0 Å². The average molecular weight is 478 g/mol. The number of nitrogens with zero attached hydrogens (tertiary/aromatic N) is 5. The maximum atomic E-state index is 13.8. The second-order valence-corrected chi connectivity index (χ2v) is 9.25. The number of pyridine rings is 1. The van der Waals surface area contributed by atoms with Crippen molar-refractivity contribution in [3.8, 4) is 11.5 Å². The zero-order valence-electron chi connectivity index (χ0n) is 18.8. The van der Waals surface area contributed by atoms with E-state index < -0.39 is 5.82 Å². The maximum absolute atomic E-state index is 13.8. The fourth-order valence-electron chi connectivity index (χ4n) is 4.44. The van der Waals surface area contributed by atoms with Gasteiger partial charge in [-0.05, 0) is 37.8 Å². The van der Waals surface area contributed by atoms with Gasteiger partial charge < -0.3 is 4.90 Å². The number of ketones is 1. The Morgan fingerprint density at radius 3 is 2.79 bits per heavy atom. The summed E-state index contributed by atoms with van der Waals surface area (Å²) < 4.78 is 15.3. The number of hydrogen-bond donors (Lipinski definition) is 0. The fourth-order valence-corrected chi connectivity index (χ4v) is 5.45. The summed E-state index contributed by atoms with van der Waals surface area (Å²) in [6, 6.07) is 12.3. The number of benzene rings is 1. The van der Waals surface area contributed by atoms with E-state index in [1.54, 1.807) is 0 Å². The van der Waals surface area contributed by atoms with Crippen molar-refractivity contribution in [2.45, 2.75) is 45.2 Å². The summed E-state index contributed by atoms with van der Waals surface area (Å²) in [4.78, 5) is 42.2. The topological polar surface area (TPSA) is 81.0 Å². The van der Waals surface area contributed by atoms with Crippen LogP contribution in [0.1, 0.15) is 31.7 Å². The molecule has 0 N–H and O–H groups in total. The quantitative estimate of drug-likeness (QED) is 0.396. The first-order valence-corrected chi connectivity index (χ1v) is 12.2. The number of rotatable bonds is 7. The zero-order chi connectivity index (χ0) is 23.7. The Kier molecular flexibility index (Phi) is 6.19. The minimum absolute atomic E-state index is 0.184. The van der Waals surface area contributed by atoms with E-state index >= 15 is 0 Å². The lowest BCUT2D eigenvalue weighted by Crippen LogP contribution is -2.36. The number of carbonyl (C=O) groups is 1. The van der Waals surface area contributed by atoms with Crippen molar-refractivity contribution in [1.29, 1.82) is 0 Å². The van der Waals surface area contributed by atoms with E-state index in [0.717, 1.165) is 18.4 Å². The molecule has 7 nitrogen and oxygen atoms in total. The van der Waals surface area contributed by atoms with Crippen molar-refractivity contribution >= 4 is 32.6 Å². The van der Waals surface area contributed by atoms with Gasteiger partial charge >= 0.3 is 0 Å². The zero-order valence-corrected chi connectivity index (χ0v) is 19.6. The lowest BCUT2D eigenvalue weighted by molar-refractivity contribution is -0.120. The number of hydrogen-bond acceptors (Lipinski definition) is 7. The molecule has 3 aromatic heterocycles. The molecule has 1 fully saturated rings. The van der Waals surface area contributed by atoms with Crippen molar-refractivity contribution in [3.63, 3.8) is 0 Å². The maximum Gasteiger partial charge on any atom is 0.281 e. The number of fused-ring (bicyclic) bond motifs is 1. The van der Waals surface area contributed by atoms with Crippen LogP contribution in [0.3, 0.4) is 0 Å². The summed E-state index contributed by atoms with van der Waals surface area (Å²) >= 11 is 1.29. The SMILES string of the molecule is CCn1c(-c2cc(F)ccn2)nc2sc(N3CCC[C@@H]3C(=O)CCc3ccccc3)nc2c1=O. The van der Waals surface area contributed by atoms with E-state index in [1.165, 1.54) is 34.2 Å². The van der Waals surface area contributed by atoms with E-state index in [0.29, 0.717) is 47.4 Å². The molecule has 34 heavy (non-hydrogen) atoms. The number of Topliss-reactive ketones (excluding diaryl/α,β-unsaturated/α-hetero) is 1. The van der Waals surface area contributed by atoms with Gasteiger partial charge in [0.2, 0.25) is 0 Å². The predicted molar refractivity (Wildman–Crippen MR) is 131 cm³/mol. The highest BCUT2D eigenvalue weighted by molar-refractivity contribution is 7.21. The molecular formula is C25H24FN5O2S. The first-order valence-electron chi connectivity index (χ1n) is 11.4. The van der Waals surface area contributed by atoms with Gasteiger partial charge in [-0.3, -0.25) is 19.1 Å². The van der Waals surface area contributed by atoms with Crippen LogP contribution in [0.4, 0.5) is 9.52 Å². The molecule has 0 bridgehead atoms. The van der Waals surface area contributed by atoms with Gasteiger partial charge in [-0.1, -0.05) is 41.7 Å². The minimum Gasteiger partial charge on any atom is -0.338 e. The molecule has 4 heterocycles. The summed E-state index contributed by atoms with van der Waals surface area (Å²) in [6.07, 6.45) is 4.19. The molecule has 0 saturated carbocycles. The van der Waals surface area contributed by atoms with Crippen molar-refractivity contribution in [3.05, 3.63) is 70.4 Å². The average Bonchev–Trinajstić information content (AvgIpc) is 3.50. The van der Waals surface area contributed by atoms with Gasteiger partial charge in [0.05, 0.1) is 6.04 Å². The lowest BCUT2D eigenvalue weighted by atomic mass is 10.0. The van der Waals surface area contributed by atoms with Crippen LogP contribution in [-0.2, 0) is 17.8 Å². The van der Waals surface area contributed by atoms with Gasteiger partial charge in [-0.2, -0.15) is 0 Å². The van der Waals surface area contributed by atoms with Crippen LogP contribution in [0.5, 0.6) is 0 Å². The van der Waals surface area contributed by atoms with Crippen LogP contribution in [0, 0.1) is 5.82 Å². The highest BCUT2D eigenvalue weighted by Gasteiger charge is 2.33. The molecule has 4 aromatic rings. The summed E-state index contributed by atoms with van der Waals surface area (Å²) in [7, 11) is 0. The third-order valence-electron chi connectivity index (χ3n) is 6.15. The molecule has 1 saturated heterocycles. The third kappa shape index (κ3) is 4.23. The fraction of sp³-hybridized carbons (Fsp3) is 0.320. The number of anilines is 1. The minimum atomic E-state index is -0.444. The highest BCUT2D eigenvalue weighted by atomic mass is 32.1. The smallest absolute Gasteiger partial charge is 0.281 e. The molecule has 5 rings (SSSR count). The summed E-state index contributed by atoms with van der Waals surface area (Å²) in [5.74, 6) is 0.0525. The van der Waals surface area contributed by atoms with E-state index in [4.69, 9.17) is 0 Å². The molecule has 0 unspecified atom stereocenters. The Balaban J connectivity index is 1.46. The molecule has 1 aromatic carbocycles. The van der Waals surface area contributed by atoms with Crippen molar-refractivity contribution in [2.24, 2.45) is 0 Å². The molecule has 174 valence electrons. The molecular weight excluding hydrogens is 453 g/mol. The van der Waals surface area contributed by atoms with Gasteiger partial charge in [-0.25, -0.2) is 14.4 Å². The van der Waals surface area contributed by atoms with Crippen molar-refractivity contribution in [1.82, 2.24) is 19.5 Å². The van der Waals surface area contributed by atoms with Gasteiger partial charge in [-0.15, -0.1) is 0 Å². The monoisotopic (exact) mass is 477 g/mol. The van der Waals surface area contributed by atoms with E-state index in [-0.39, 0.29) is 22.9 Å². The van der Waals surface area contributed by atoms with Crippen molar-refractivity contribution in [2.75, 3.05) is 11.4 Å². The molecule has 0 radical (unpaired) electrons. The van der Waals surface area contributed by atoms with E-state index in [1.807, 2.05) is 42.2 Å². The molecule has 0 spiro atoms. The number of halogens is 1. The second kappa shape index (κ2) is 9.42. The van der Waals surface area contributed by atoms with Crippen LogP contribution >= 0.6 is 11.3 Å². The van der Waals surface area contributed by atoms with Crippen LogP contribution < -0.4 is 10.5 Å². The van der Waals surface area contributed by atoms with Crippen molar-refractivity contribution < 1.29 is 9.18 Å². The molecule has 1 atom stereocenters. The number of thiazole rings is 1. The first kappa shape index (κ1) is 22.3. The van der Waals surface area contributed by atoms with Crippen LogP contribution in [0.2, 0.25) is 0 Å². The lowest BCUT2D eigenvalue weighted by Gasteiger charge is -2.22. The van der Waals surface area contributed by atoms with Gasteiger partial charge in [0, 0.05) is 31.8 Å². The Bertz CT molecular complexity index is 1400. The predicted octanol–water partition coefficient (Wildman–Crippen LogP) is 4.24. The molecule has 0 aliphatic carbocycles. The summed E-state index contributed by atoms with van der Waals surface area (Å²) in [5, 5.41) is 0.627. The van der Waals surface area contributed by atoms with Gasteiger partial charge in [0.25, 0.3) is 5.56 Å². The van der Waals surface area contributed by atoms with Crippen LogP contribution in [0.15, 0.2) is 53.5 Å². The molecule has 0 amide bonds. The second-order valence-electron chi connectivity index (χ2n) is 8.30. The molecule has 1 aliphatic rings. The van der Waals surface area contributed by atoms with E-state index in [9.17, 15) is 14.0 Å². The highest BCUT2D eigenvalue weighted by Crippen LogP contribution is 2.33. The Hall–Kier alpha value is -3.46. The van der Waals surface area contributed by atoms with Crippen LogP contribution in [-0.4, -0.2) is 37.9 Å². The van der Waals surface area contributed by atoms with Gasteiger partial charge in [0.15, 0.2) is 27.1 Å². The Morgan fingerprint density at radius 2 is 2.03 bits per heavy atom. The third-order valence-corrected chi connectivity index (χ3v) is 7.14. The largest absolute Gasteiger partial charge is 0.338 e. The number of aryl methyl sites for hydroxylation is 1. The Morgan fingerprint density at radius 1 is 1.21 bits per heavy atom. The number of carbonyl (C=O) groups excluding carboxylic acids is 1. The summed E-state index contributed by atoms with van der Waals surface area (Å²) in [6.45, 7) is 2.89. The molecule has 1 aliphatic heterocycles. The summed E-state index contributed by atoms with van der Waals surface area (Å²) in [5.41, 5.74) is 1.42. The normalized spacial score (nSPS) is 15.8. The van der Waals surface area contributed by atoms with Gasteiger partial charge in [0.1, 0.15) is 11.5 Å². The standard InChI is InChI=1S/C25H24FN5O2S/c1-2-30-22(18-15-17(26)12-13-27-18)29-23-21(24(30)33)28-25(34-23)31-14-6-9-19(31)20(32)11-10-16-7-4-3-5-8-16/h3-5,7-8,12-13,15,19H,2,6,9-11,14H2,1H3/t19-/m1/s1. The molecule has 9 heteroatoms. The number of aromatic nitrogens is 4. The van der Waals surface area contributed by atoms with Crippen LogP contribution in [0.25, 0.3) is 21.9 Å². The first-order chi connectivity index (χ1) is 16.5.